The van der Waals surface area contributed by atoms with Gasteiger partial charge in [0.15, 0.2) is 5.60 Å². The topological polar surface area (TPSA) is 77.8 Å². The van der Waals surface area contributed by atoms with E-state index in [4.69, 9.17) is 14.7 Å². The number of carboxylic acids is 1. The fraction of sp³-hybridized carbons (Fsp3) is 0.857. The summed E-state index contributed by atoms with van der Waals surface area (Å²) < 4.78 is 49.7. The number of aliphatic hydroxyl groups is 2. The molecule has 0 saturated carbocycles. The number of hydrogen-bond acceptors (Lipinski definition) is 3. The summed E-state index contributed by atoms with van der Waals surface area (Å²) in [5.41, 5.74) is -3.66. The van der Waals surface area contributed by atoms with E-state index in [0.717, 1.165) is 0 Å². The molecule has 0 aromatic carbocycles. The van der Waals surface area contributed by atoms with E-state index < -0.39 is 37.3 Å². The van der Waals surface area contributed by atoms with Gasteiger partial charge in [-0.1, -0.05) is 13.7 Å². The molecule has 0 aromatic heterocycles. The van der Waals surface area contributed by atoms with Crippen molar-refractivity contribution in [2.45, 2.75) is 32.3 Å². The van der Waals surface area contributed by atoms with Gasteiger partial charge in [-0.15, -0.1) is 0 Å². The smallest absolute Gasteiger partial charge is 0.338 e. The van der Waals surface area contributed by atoms with E-state index in [1.54, 1.807) is 0 Å². The van der Waals surface area contributed by atoms with Crippen LogP contribution in [0.15, 0.2) is 0 Å². The Labute approximate surface area is 75.3 Å². The SMILES string of the molecule is [2H]C([2H])([2H])C([2H])(C([2H])([2H])[2H])[C@@](O)(C(=O)O)[C@H](C)O. The van der Waals surface area contributed by atoms with Crippen LogP contribution in [0.5, 0.6) is 0 Å². The van der Waals surface area contributed by atoms with Crippen LogP contribution < -0.4 is 0 Å². The van der Waals surface area contributed by atoms with Gasteiger partial charge in [0, 0.05) is 9.60 Å². The number of hydrogen-bond donors (Lipinski definition) is 3. The zero-order valence-corrected chi connectivity index (χ0v) is 5.83. The quantitative estimate of drug-likeness (QED) is 0.548. The first-order valence-corrected chi connectivity index (χ1v) is 2.78. The molecular weight excluding hydrogens is 148 g/mol. The second-order valence-corrected chi connectivity index (χ2v) is 2.12. The van der Waals surface area contributed by atoms with E-state index in [-0.39, 0.29) is 0 Å². The lowest BCUT2D eigenvalue weighted by Gasteiger charge is -2.29. The Hall–Kier alpha value is -0.610. The van der Waals surface area contributed by atoms with Crippen molar-refractivity contribution in [3.8, 4) is 0 Å². The highest BCUT2D eigenvalue weighted by molar-refractivity contribution is 5.78. The first-order chi connectivity index (χ1) is 7.64. The van der Waals surface area contributed by atoms with Crippen LogP contribution in [0, 0.1) is 5.89 Å². The molecule has 0 spiro atoms. The van der Waals surface area contributed by atoms with Gasteiger partial charge in [-0.25, -0.2) is 4.79 Å². The van der Waals surface area contributed by atoms with Crippen LogP contribution in [0.3, 0.4) is 0 Å². The fourth-order valence-corrected chi connectivity index (χ4v) is 0.495. The van der Waals surface area contributed by atoms with Crippen molar-refractivity contribution in [3.05, 3.63) is 0 Å². The van der Waals surface area contributed by atoms with E-state index in [0.29, 0.717) is 6.92 Å². The minimum absolute atomic E-state index is 0.703. The normalized spacial score (nSPS) is 32.1. The maximum atomic E-state index is 11.0. The summed E-state index contributed by atoms with van der Waals surface area (Å²) in [5, 5.41) is 27.9. The van der Waals surface area contributed by atoms with Gasteiger partial charge in [0.2, 0.25) is 0 Å². The van der Waals surface area contributed by atoms with Crippen LogP contribution in [-0.4, -0.2) is 33.0 Å². The van der Waals surface area contributed by atoms with Crippen molar-refractivity contribution in [2.75, 3.05) is 0 Å². The standard InChI is InChI=1S/C7H14O4/c1-4(2)7(11,5(3)8)6(9)10/h4-5,8,11H,1-3H3,(H,9,10)/t5-,7-/m0/s1/i1D3,2D3,4D. The number of rotatable bonds is 3. The zero-order valence-electron chi connectivity index (χ0n) is 12.8. The van der Waals surface area contributed by atoms with Gasteiger partial charge in [0.1, 0.15) is 0 Å². The third-order valence-electron chi connectivity index (χ3n) is 1.31. The Bertz CT molecular complexity index is 320. The average Bonchev–Trinajstić information content (AvgIpc) is 2.10. The lowest BCUT2D eigenvalue weighted by atomic mass is 9.86. The zero-order chi connectivity index (χ0) is 15.2. The second kappa shape index (κ2) is 3.19. The first-order valence-electron chi connectivity index (χ1n) is 6.28. The molecule has 0 amide bonds. The molecule has 0 bridgehead atoms. The Balaban J connectivity index is 6.29. The maximum Gasteiger partial charge on any atom is 0.338 e. The first kappa shape index (κ1) is 3.41. The van der Waals surface area contributed by atoms with Crippen molar-refractivity contribution >= 4 is 5.97 Å². The van der Waals surface area contributed by atoms with Crippen LogP contribution >= 0.6 is 0 Å². The van der Waals surface area contributed by atoms with Crippen LogP contribution in [-0.2, 0) is 4.79 Å². The fourth-order valence-electron chi connectivity index (χ4n) is 0.495. The van der Waals surface area contributed by atoms with Gasteiger partial charge in [-0.2, -0.15) is 0 Å². The predicted octanol–water partition coefficient (Wildman–Crippen LogP) is -0.161. The molecule has 0 aromatic rings. The summed E-state index contributed by atoms with van der Waals surface area (Å²) in [4.78, 5) is 11.0. The molecule has 0 rings (SSSR count). The highest BCUT2D eigenvalue weighted by Gasteiger charge is 2.44. The Morgan fingerprint density at radius 3 is 2.27 bits per heavy atom. The Morgan fingerprint density at radius 1 is 1.73 bits per heavy atom. The van der Waals surface area contributed by atoms with Crippen LogP contribution in [0.4, 0.5) is 0 Å². The average molecular weight is 169 g/mol. The minimum Gasteiger partial charge on any atom is -0.479 e. The molecule has 0 heterocycles. The summed E-state index contributed by atoms with van der Waals surface area (Å²) in [6.07, 6.45) is -2.27. The lowest BCUT2D eigenvalue weighted by molar-refractivity contribution is -0.177. The molecule has 0 aliphatic carbocycles. The number of carbonyl (C=O) groups is 1. The van der Waals surface area contributed by atoms with Crippen molar-refractivity contribution in [1.29, 1.82) is 0 Å². The number of aliphatic carboxylic acids is 1. The molecule has 3 N–H and O–H groups in total. The highest BCUT2D eigenvalue weighted by Crippen LogP contribution is 2.21. The molecule has 4 heteroatoms. The summed E-state index contributed by atoms with van der Waals surface area (Å²) >= 11 is 0. The van der Waals surface area contributed by atoms with E-state index >= 15 is 0 Å². The van der Waals surface area contributed by atoms with Gasteiger partial charge in [0.05, 0.1) is 6.10 Å². The highest BCUT2D eigenvalue weighted by atomic mass is 16.4. The Morgan fingerprint density at radius 2 is 2.18 bits per heavy atom. The molecule has 0 fully saturated rings. The molecule has 0 unspecified atom stereocenters. The molecule has 4 nitrogen and oxygen atoms in total. The monoisotopic (exact) mass is 169 g/mol. The molecule has 11 heavy (non-hydrogen) atoms. The van der Waals surface area contributed by atoms with E-state index in [1.807, 2.05) is 0 Å². The van der Waals surface area contributed by atoms with E-state index in [9.17, 15) is 15.0 Å². The minimum atomic E-state index is -3.77. The molecular formula is C7H14O4. The van der Waals surface area contributed by atoms with Crippen molar-refractivity contribution in [2.24, 2.45) is 5.89 Å². The van der Waals surface area contributed by atoms with Crippen LogP contribution in [0.25, 0.3) is 0 Å². The van der Waals surface area contributed by atoms with E-state index in [1.165, 1.54) is 0 Å². The van der Waals surface area contributed by atoms with Gasteiger partial charge in [-0.3, -0.25) is 0 Å². The molecule has 2 atom stereocenters. The molecule has 0 saturated heterocycles. The summed E-state index contributed by atoms with van der Waals surface area (Å²) in [6, 6.07) is 0. The number of aliphatic hydroxyl groups excluding tert-OH is 1. The third kappa shape index (κ3) is 1.70. The molecule has 66 valence electrons. The number of carboxylic acid groups (broad SMARTS) is 1. The summed E-state index contributed by atoms with van der Waals surface area (Å²) in [5.74, 6) is -6.06. The van der Waals surface area contributed by atoms with Crippen molar-refractivity contribution < 1.29 is 29.7 Å². The molecule has 0 aliphatic heterocycles. The molecule has 0 aliphatic rings. The lowest BCUT2D eigenvalue weighted by Crippen LogP contribution is -2.52. The van der Waals surface area contributed by atoms with Crippen LogP contribution in [0.2, 0.25) is 0 Å². The summed E-state index contributed by atoms with van der Waals surface area (Å²) in [7, 11) is 0. The van der Waals surface area contributed by atoms with Crippen molar-refractivity contribution in [3.63, 3.8) is 0 Å². The van der Waals surface area contributed by atoms with E-state index in [2.05, 4.69) is 0 Å². The summed E-state index contributed by atoms with van der Waals surface area (Å²) in [6.45, 7) is -6.60. The predicted molar refractivity (Wildman–Crippen MR) is 39.1 cm³/mol. The molecule has 0 radical (unpaired) electrons. The second-order valence-electron chi connectivity index (χ2n) is 2.12. The van der Waals surface area contributed by atoms with Gasteiger partial charge in [-0.05, 0) is 12.8 Å². The van der Waals surface area contributed by atoms with Crippen molar-refractivity contribution in [1.82, 2.24) is 0 Å². The van der Waals surface area contributed by atoms with Gasteiger partial charge >= 0.3 is 5.97 Å². The van der Waals surface area contributed by atoms with Gasteiger partial charge in [0.25, 0.3) is 0 Å². The Kier molecular flexibility index (Phi) is 0.990. The largest absolute Gasteiger partial charge is 0.479 e. The van der Waals surface area contributed by atoms with Gasteiger partial charge < -0.3 is 15.3 Å². The maximum absolute atomic E-state index is 11.0. The van der Waals surface area contributed by atoms with Crippen LogP contribution in [0.1, 0.15) is 30.2 Å². The third-order valence-corrected chi connectivity index (χ3v) is 1.31.